The maximum Gasteiger partial charge on any atom is 0.267 e. The standard InChI is InChI=1S/C17H12BrN3O2S2/c18-11-6-14(24-7-11)16(23)21-17-20-13(8-25-17)10-1-3-12-9(5-10)2-4-15(22)19-12/h1,3,5-8H,2,4H2,(H,19,22)(H,20,21,23). The lowest BCUT2D eigenvalue weighted by Gasteiger charge is -2.17. The van der Waals surface area contributed by atoms with E-state index in [-0.39, 0.29) is 11.8 Å². The van der Waals surface area contributed by atoms with Crippen LogP contribution in [0.1, 0.15) is 21.7 Å². The Hall–Kier alpha value is -2.03. The van der Waals surface area contributed by atoms with Crippen LogP contribution in [0.3, 0.4) is 0 Å². The number of thiophene rings is 1. The van der Waals surface area contributed by atoms with Crippen molar-refractivity contribution in [2.24, 2.45) is 0 Å². The van der Waals surface area contributed by atoms with Crippen LogP contribution < -0.4 is 10.6 Å². The molecule has 0 saturated carbocycles. The summed E-state index contributed by atoms with van der Waals surface area (Å²) in [6.45, 7) is 0. The highest BCUT2D eigenvalue weighted by atomic mass is 79.9. The summed E-state index contributed by atoms with van der Waals surface area (Å²) in [5.74, 6) is -0.108. The molecule has 8 heteroatoms. The van der Waals surface area contributed by atoms with Crippen LogP contribution in [-0.2, 0) is 11.2 Å². The second-order valence-corrected chi connectivity index (χ2v) is 8.23. The number of aryl methyl sites for hydroxylation is 1. The van der Waals surface area contributed by atoms with E-state index in [2.05, 4.69) is 31.5 Å². The molecule has 0 fully saturated rings. The molecule has 25 heavy (non-hydrogen) atoms. The number of anilines is 2. The zero-order valence-electron chi connectivity index (χ0n) is 12.8. The van der Waals surface area contributed by atoms with Gasteiger partial charge in [-0.25, -0.2) is 4.98 Å². The number of rotatable bonds is 3. The predicted molar refractivity (Wildman–Crippen MR) is 104 cm³/mol. The highest BCUT2D eigenvalue weighted by Gasteiger charge is 2.16. The molecular formula is C17H12BrN3O2S2. The van der Waals surface area contributed by atoms with E-state index >= 15 is 0 Å². The Morgan fingerprint density at radius 1 is 1.20 bits per heavy atom. The summed E-state index contributed by atoms with van der Waals surface area (Å²) in [5.41, 5.74) is 3.77. The van der Waals surface area contributed by atoms with Crippen molar-refractivity contribution in [2.75, 3.05) is 10.6 Å². The number of hydrogen-bond donors (Lipinski definition) is 2. The first-order chi connectivity index (χ1) is 12.1. The van der Waals surface area contributed by atoms with Crippen LogP contribution in [0.25, 0.3) is 11.3 Å². The Morgan fingerprint density at radius 3 is 2.88 bits per heavy atom. The molecule has 3 heterocycles. The monoisotopic (exact) mass is 433 g/mol. The van der Waals surface area contributed by atoms with Gasteiger partial charge >= 0.3 is 0 Å². The number of thiazole rings is 1. The fourth-order valence-corrected chi connectivity index (χ4v) is 4.63. The molecule has 0 bridgehead atoms. The molecule has 0 unspecified atom stereocenters. The number of amides is 2. The zero-order chi connectivity index (χ0) is 17.4. The van der Waals surface area contributed by atoms with E-state index in [0.717, 1.165) is 33.4 Å². The first kappa shape index (κ1) is 16.4. The Morgan fingerprint density at radius 2 is 2.08 bits per heavy atom. The van der Waals surface area contributed by atoms with Crippen LogP contribution in [0.4, 0.5) is 10.8 Å². The van der Waals surface area contributed by atoms with E-state index in [1.807, 2.05) is 29.0 Å². The molecule has 2 aromatic heterocycles. The van der Waals surface area contributed by atoms with E-state index in [4.69, 9.17) is 0 Å². The summed E-state index contributed by atoms with van der Waals surface area (Å²) >= 11 is 6.12. The summed E-state index contributed by atoms with van der Waals surface area (Å²) in [5, 5.41) is 10.1. The minimum absolute atomic E-state index is 0.0547. The lowest BCUT2D eigenvalue weighted by atomic mass is 9.99. The molecule has 5 nitrogen and oxygen atoms in total. The van der Waals surface area contributed by atoms with Gasteiger partial charge in [-0.15, -0.1) is 22.7 Å². The third kappa shape index (κ3) is 3.51. The van der Waals surface area contributed by atoms with Gasteiger partial charge in [0.15, 0.2) is 5.13 Å². The molecule has 1 aromatic carbocycles. The van der Waals surface area contributed by atoms with Crippen LogP contribution in [0.15, 0.2) is 39.5 Å². The van der Waals surface area contributed by atoms with Crippen LogP contribution >= 0.6 is 38.6 Å². The molecular weight excluding hydrogens is 422 g/mol. The smallest absolute Gasteiger partial charge is 0.267 e. The van der Waals surface area contributed by atoms with Crippen LogP contribution in [-0.4, -0.2) is 16.8 Å². The van der Waals surface area contributed by atoms with Crippen molar-refractivity contribution in [2.45, 2.75) is 12.8 Å². The number of hydrogen-bond acceptors (Lipinski definition) is 5. The van der Waals surface area contributed by atoms with Crippen molar-refractivity contribution in [1.82, 2.24) is 4.98 Å². The van der Waals surface area contributed by atoms with Gasteiger partial charge in [0, 0.05) is 32.9 Å². The predicted octanol–water partition coefficient (Wildman–Crippen LogP) is 4.77. The quantitative estimate of drug-likeness (QED) is 0.624. The summed E-state index contributed by atoms with van der Waals surface area (Å²) in [6.07, 6.45) is 1.24. The fourth-order valence-electron chi connectivity index (χ4n) is 2.60. The minimum Gasteiger partial charge on any atom is -0.326 e. The first-order valence-electron chi connectivity index (χ1n) is 7.52. The third-order valence-electron chi connectivity index (χ3n) is 3.81. The largest absolute Gasteiger partial charge is 0.326 e. The third-order valence-corrected chi connectivity index (χ3v) is 6.26. The molecule has 0 spiro atoms. The van der Waals surface area contributed by atoms with Gasteiger partial charge in [-0.1, -0.05) is 6.07 Å². The van der Waals surface area contributed by atoms with Crippen LogP contribution in [0.2, 0.25) is 0 Å². The molecule has 1 aliphatic heterocycles. The molecule has 2 N–H and O–H groups in total. The van der Waals surface area contributed by atoms with Crippen LogP contribution in [0.5, 0.6) is 0 Å². The van der Waals surface area contributed by atoms with E-state index in [1.165, 1.54) is 22.7 Å². The maximum atomic E-state index is 12.2. The normalized spacial score (nSPS) is 13.2. The molecule has 0 saturated heterocycles. The molecule has 4 rings (SSSR count). The van der Waals surface area contributed by atoms with E-state index in [0.29, 0.717) is 16.4 Å². The number of fused-ring (bicyclic) bond motifs is 1. The maximum absolute atomic E-state index is 12.2. The van der Waals surface area contributed by atoms with Gasteiger partial charge in [0.1, 0.15) is 0 Å². The van der Waals surface area contributed by atoms with Crippen LogP contribution in [0, 0.1) is 0 Å². The molecule has 0 radical (unpaired) electrons. The SMILES string of the molecule is O=C1CCc2cc(-c3csc(NC(=O)c4cc(Br)cs4)n3)ccc2N1. The number of aromatic nitrogens is 1. The van der Waals surface area contributed by atoms with Crippen molar-refractivity contribution >= 4 is 61.2 Å². The Kier molecular flexibility index (Phi) is 4.41. The summed E-state index contributed by atoms with van der Waals surface area (Å²) in [6, 6.07) is 7.67. The number of benzene rings is 1. The van der Waals surface area contributed by atoms with Gasteiger partial charge in [-0.3, -0.25) is 14.9 Å². The lowest BCUT2D eigenvalue weighted by Crippen LogP contribution is -2.18. The van der Waals surface area contributed by atoms with Gasteiger partial charge in [0.2, 0.25) is 5.91 Å². The van der Waals surface area contributed by atoms with Gasteiger partial charge in [0.25, 0.3) is 5.91 Å². The van der Waals surface area contributed by atoms with Crippen molar-refractivity contribution in [3.05, 3.63) is 49.9 Å². The molecule has 3 aromatic rings. The zero-order valence-corrected chi connectivity index (χ0v) is 16.1. The average molecular weight is 434 g/mol. The Balaban J connectivity index is 1.53. The minimum atomic E-state index is -0.162. The first-order valence-corrected chi connectivity index (χ1v) is 10.1. The lowest BCUT2D eigenvalue weighted by molar-refractivity contribution is -0.116. The van der Waals surface area contributed by atoms with Gasteiger partial charge in [-0.05, 0) is 46.1 Å². The molecule has 1 aliphatic rings. The second kappa shape index (κ2) is 6.70. The van der Waals surface area contributed by atoms with Crippen molar-refractivity contribution in [3.8, 4) is 11.3 Å². The number of halogens is 1. The van der Waals surface area contributed by atoms with Gasteiger partial charge in [-0.2, -0.15) is 0 Å². The number of nitrogens with zero attached hydrogens (tertiary/aromatic N) is 1. The van der Waals surface area contributed by atoms with Crippen molar-refractivity contribution < 1.29 is 9.59 Å². The molecule has 0 aliphatic carbocycles. The van der Waals surface area contributed by atoms with E-state index in [9.17, 15) is 9.59 Å². The molecule has 0 atom stereocenters. The molecule has 126 valence electrons. The fraction of sp³-hybridized carbons (Fsp3) is 0.118. The van der Waals surface area contributed by atoms with Gasteiger partial charge in [0.05, 0.1) is 10.6 Å². The average Bonchev–Trinajstić information content (AvgIpc) is 3.23. The summed E-state index contributed by atoms with van der Waals surface area (Å²) in [4.78, 5) is 28.8. The highest BCUT2D eigenvalue weighted by molar-refractivity contribution is 9.10. The Bertz CT molecular complexity index is 980. The second-order valence-electron chi connectivity index (χ2n) is 5.54. The molecule has 2 amide bonds. The summed E-state index contributed by atoms with van der Waals surface area (Å²) < 4.78 is 0.892. The summed E-state index contributed by atoms with van der Waals surface area (Å²) in [7, 11) is 0. The number of nitrogens with one attached hydrogen (secondary N) is 2. The van der Waals surface area contributed by atoms with E-state index in [1.54, 1.807) is 6.07 Å². The Labute approximate surface area is 160 Å². The van der Waals surface area contributed by atoms with E-state index < -0.39 is 0 Å². The highest BCUT2D eigenvalue weighted by Crippen LogP contribution is 2.31. The number of carbonyl (C=O) groups is 2. The van der Waals surface area contributed by atoms with Gasteiger partial charge < -0.3 is 5.32 Å². The van der Waals surface area contributed by atoms with Crippen molar-refractivity contribution in [1.29, 1.82) is 0 Å². The van der Waals surface area contributed by atoms with Crippen molar-refractivity contribution in [3.63, 3.8) is 0 Å². The topological polar surface area (TPSA) is 71.1 Å². The number of carbonyl (C=O) groups excluding carboxylic acids is 2.